The first-order valence-electron chi connectivity index (χ1n) is 5.34. The number of hydrogen-bond donors (Lipinski definition) is 0. The van der Waals surface area contributed by atoms with E-state index in [0.717, 1.165) is 6.42 Å². The van der Waals surface area contributed by atoms with Crippen molar-refractivity contribution in [2.45, 2.75) is 33.1 Å². The molecule has 1 aliphatic rings. The summed E-state index contributed by atoms with van der Waals surface area (Å²) in [6.45, 7) is 4.32. The molecule has 2 rings (SSSR count). The van der Waals surface area contributed by atoms with E-state index in [-0.39, 0.29) is 0 Å². The normalized spacial score (nSPS) is 14.1. The van der Waals surface area contributed by atoms with Gasteiger partial charge in [0.25, 0.3) is 0 Å². The van der Waals surface area contributed by atoms with Gasteiger partial charge in [0, 0.05) is 21.8 Å². The summed E-state index contributed by atoms with van der Waals surface area (Å²) in [5.41, 5.74) is 2.45. The highest BCUT2D eigenvalue weighted by Crippen LogP contribution is 2.10. The molecule has 1 aromatic carbocycles. The van der Waals surface area contributed by atoms with Gasteiger partial charge in [0.15, 0.2) is 0 Å². The van der Waals surface area contributed by atoms with E-state index in [1.165, 1.54) is 34.7 Å². The average Bonchev–Trinajstić information content (AvgIpc) is 2.54. The molecule has 1 nitrogen and oxygen atoms in total. The van der Waals surface area contributed by atoms with Gasteiger partial charge < -0.3 is 0 Å². The largest absolute Gasteiger partial charge is 0.257 e. The second-order valence-electron chi connectivity index (χ2n) is 3.79. The van der Waals surface area contributed by atoms with E-state index in [4.69, 9.17) is 0 Å². The summed E-state index contributed by atoms with van der Waals surface area (Å²) in [7, 11) is 0. The second kappa shape index (κ2) is 3.87. The molecule has 1 heterocycles. The third kappa shape index (κ3) is 1.54. The molecule has 0 unspecified atom stereocenters. The summed E-state index contributed by atoms with van der Waals surface area (Å²) in [5.74, 6) is 0. The van der Waals surface area contributed by atoms with Gasteiger partial charge in [0.05, 0.1) is 0 Å². The lowest BCUT2D eigenvalue weighted by molar-refractivity contribution is 0.805. The van der Waals surface area contributed by atoms with Gasteiger partial charge in [-0.15, -0.1) is 0 Å². The Morgan fingerprint density at radius 2 is 1.86 bits per heavy atom. The Labute approximate surface area is 85.2 Å². The molecule has 1 aromatic rings. The Morgan fingerprint density at radius 3 is 2.57 bits per heavy atom. The second-order valence-corrected chi connectivity index (χ2v) is 3.79. The van der Waals surface area contributed by atoms with Gasteiger partial charge in [-0.3, -0.25) is 5.32 Å². The smallest absolute Gasteiger partial charge is 0.0485 e. The minimum atomic E-state index is 1.12. The van der Waals surface area contributed by atoms with E-state index in [1.54, 1.807) is 0 Å². The molecule has 0 spiro atoms. The van der Waals surface area contributed by atoms with Gasteiger partial charge in [-0.1, -0.05) is 37.6 Å². The first kappa shape index (κ1) is 9.32. The van der Waals surface area contributed by atoms with Crippen molar-refractivity contribution in [1.82, 2.24) is 5.32 Å². The van der Waals surface area contributed by atoms with Crippen LogP contribution in [-0.2, 0) is 0 Å². The molecular formula is C13H16N. The van der Waals surface area contributed by atoms with Crippen LogP contribution in [0.25, 0.3) is 11.4 Å². The molecule has 1 radical (unpaired) electrons. The molecule has 0 aliphatic carbocycles. The van der Waals surface area contributed by atoms with Crippen molar-refractivity contribution >= 4 is 11.4 Å². The summed E-state index contributed by atoms with van der Waals surface area (Å²) in [6, 6.07) is 8.52. The molecule has 1 aliphatic heterocycles. The third-order valence-electron chi connectivity index (χ3n) is 2.70. The zero-order chi connectivity index (χ0) is 9.97. The standard InChI is InChI=1S/C13H16N/c1-3-4-9-13-12-8-6-5-7-11(12)10(2)14-13/h5-8H,3-4,9H2,1-2H3. The third-order valence-corrected chi connectivity index (χ3v) is 2.70. The monoisotopic (exact) mass is 186 g/mol. The SMILES string of the molecule is CCCCC1=c2ccccc2=C(C)[N]1. The van der Waals surface area contributed by atoms with E-state index in [0.29, 0.717) is 0 Å². The number of unbranched alkanes of at least 4 members (excludes halogenated alkanes) is 1. The average molecular weight is 186 g/mol. The van der Waals surface area contributed by atoms with Crippen molar-refractivity contribution in [2.75, 3.05) is 0 Å². The van der Waals surface area contributed by atoms with Gasteiger partial charge in [0.2, 0.25) is 0 Å². The molecule has 0 bridgehead atoms. The van der Waals surface area contributed by atoms with Gasteiger partial charge in [-0.25, -0.2) is 0 Å². The molecule has 1 heteroatoms. The van der Waals surface area contributed by atoms with Crippen LogP contribution in [0.3, 0.4) is 0 Å². The lowest BCUT2D eigenvalue weighted by Crippen LogP contribution is -2.22. The maximum Gasteiger partial charge on any atom is 0.0485 e. The minimum absolute atomic E-state index is 1.12. The Morgan fingerprint density at radius 1 is 1.14 bits per heavy atom. The first-order valence-corrected chi connectivity index (χ1v) is 5.34. The lowest BCUT2D eigenvalue weighted by atomic mass is 10.1. The Balaban J connectivity index is 2.46. The predicted octanol–water partition coefficient (Wildman–Crippen LogP) is 1.73. The van der Waals surface area contributed by atoms with Crippen LogP contribution in [-0.4, -0.2) is 0 Å². The fourth-order valence-electron chi connectivity index (χ4n) is 1.91. The van der Waals surface area contributed by atoms with Crippen molar-refractivity contribution in [3.8, 4) is 0 Å². The predicted molar refractivity (Wildman–Crippen MR) is 59.8 cm³/mol. The summed E-state index contributed by atoms with van der Waals surface area (Å²) < 4.78 is 0. The lowest BCUT2D eigenvalue weighted by Gasteiger charge is -2.01. The van der Waals surface area contributed by atoms with Crippen molar-refractivity contribution in [1.29, 1.82) is 0 Å². The van der Waals surface area contributed by atoms with Crippen molar-refractivity contribution in [3.63, 3.8) is 0 Å². The van der Waals surface area contributed by atoms with Crippen LogP contribution >= 0.6 is 0 Å². The van der Waals surface area contributed by atoms with Gasteiger partial charge in [0.1, 0.15) is 0 Å². The number of nitrogens with zero attached hydrogens (tertiary/aromatic N) is 1. The van der Waals surface area contributed by atoms with Gasteiger partial charge in [-0.05, 0) is 19.8 Å². The minimum Gasteiger partial charge on any atom is -0.257 e. The Hall–Kier alpha value is -1.24. The van der Waals surface area contributed by atoms with Crippen LogP contribution in [0.15, 0.2) is 24.3 Å². The maximum absolute atomic E-state index is 4.63. The maximum atomic E-state index is 4.63. The molecule has 0 saturated heterocycles. The van der Waals surface area contributed by atoms with E-state index in [2.05, 4.69) is 43.4 Å². The van der Waals surface area contributed by atoms with Crippen LogP contribution in [0, 0.1) is 0 Å². The summed E-state index contributed by atoms with van der Waals surface area (Å²) >= 11 is 0. The van der Waals surface area contributed by atoms with Crippen LogP contribution < -0.4 is 15.8 Å². The summed E-state index contributed by atoms with van der Waals surface area (Å²) in [6.07, 6.45) is 3.59. The van der Waals surface area contributed by atoms with Crippen molar-refractivity contribution in [2.24, 2.45) is 0 Å². The molecule has 0 saturated carbocycles. The van der Waals surface area contributed by atoms with Gasteiger partial charge in [-0.2, -0.15) is 0 Å². The van der Waals surface area contributed by atoms with E-state index in [1.807, 2.05) is 0 Å². The topological polar surface area (TPSA) is 14.1 Å². The molecule has 14 heavy (non-hydrogen) atoms. The zero-order valence-corrected chi connectivity index (χ0v) is 8.88. The van der Waals surface area contributed by atoms with E-state index >= 15 is 0 Å². The van der Waals surface area contributed by atoms with Crippen molar-refractivity contribution in [3.05, 3.63) is 34.7 Å². The molecule has 0 aromatic heterocycles. The van der Waals surface area contributed by atoms with Crippen LogP contribution in [0.4, 0.5) is 0 Å². The number of hydrogen-bond acceptors (Lipinski definition) is 0. The summed E-state index contributed by atoms with van der Waals surface area (Å²) in [5, 5.41) is 7.29. The van der Waals surface area contributed by atoms with Crippen molar-refractivity contribution < 1.29 is 0 Å². The van der Waals surface area contributed by atoms with E-state index in [9.17, 15) is 0 Å². The molecule has 0 N–H and O–H groups in total. The summed E-state index contributed by atoms with van der Waals surface area (Å²) in [4.78, 5) is 0. The zero-order valence-electron chi connectivity index (χ0n) is 8.88. The molecule has 73 valence electrons. The highest BCUT2D eigenvalue weighted by atomic mass is 14.9. The highest BCUT2D eigenvalue weighted by molar-refractivity contribution is 5.62. The molecular weight excluding hydrogens is 170 g/mol. The highest BCUT2D eigenvalue weighted by Gasteiger charge is 2.09. The number of rotatable bonds is 3. The Bertz CT molecular complexity index is 443. The van der Waals surface area contributed by atoms with Gasteiger partial charge >= 0.3 is 0 Å². The fraction of sp³-hybridized carbons (Fsp3) is 0.385. The number of fused-ring (bicyclic) bond motifs is 1. The van der Waals surface area contributed by atoms with E-state index < -0.39 is 0 Å². The van der Waals surface area contributed by atoms with Crippen LogP contribution in [0.1, 0.15) is 33.1 Å². The molecule has 0 fully saturated rings. The van der Waals surface area contributed by atoms with Crippen LogP contribution in [0.5, 0.6) is 0 Å². The molecule has 0 atom stereocenters. The molecule has 0 amide bonds. The fourth-order valence-corrected chi connectivity index (χ4v) is 1.91. The quantitative estimate of drug-likeness (QED) is 0.682. The Kier molecular flexibility index (Phi) is 2.58. The first-order chi connectivity index (χ1) is 6.83. The van der Waals surface area contributed by atoms with Crippen LogP contribution in [0.2, 0.25) is 0 Å². The number of benzene rings is 1.